The summed E-state index contributed by atoms with van der Waals surface area (Å²) in [5.41, 5.74) is 1.55. The maximum atomic E-state index is 12.4. The minimum Gasteiger partial charge on any atom is -0.480 e. The molecule has 1 aliphatic rings. The fraction of sp³-hybridized carbons (Fsp3) is 0.619. The van der Waals surface area contributed by atoms with E-state index in [4.69, 9.17) is 5.11 Å². The largest absolute Gasteiger partial charge is 0.480 e. The Balaban J connectivity index is 2.01. The van der Waals surface area contributed by atoms with E-state index in [0.717, 1.165) is 51.4 Å². The molecule has 0 aliphatic carbocycles. The molecule has 6 heteroatoms. The van der Waals surface area contributed by atoms with E-state index >= 15 is 0 Å². The van der Waals surface area contributed by atoms with Crippen LogP contribution >= 0.6 is 0 Å². The summed E-state index contributed by atoms with van der Waals surface area (Å²) in [6, 6.07) is 7.90. The highest BCUT2D eigenvalue weighted by molar-refractivity contribution is 5.99. The molecule has 0 unspecified atom stereocenters. The second-order valence-corrected chi connectivity index (χ2v) is 8.53. The molecule has 0 bridgehead atoms. The number of hydrogen-bond acceptors (Lipinski definition) is 5. The highest BCUT2D eigenvalue weighted by atomic mass is 16.4. The summed E-state index contributed by atoms with van der Waals surface area (Å²) in [6.45, 7) is 11.9. The maximum absolute atomic E-state index is 12.4. The van der Waals surface area contributed by atoms with E-state index in [-0.39, 0.29) is 17.7 Å². The summed E-state index contributed by atoms with van der Waals surface area (Å²) in [7, 11) is 2.08. The summed E-state index contributed by atoms with van der Waals surface area (Å²) in [4.78, 5) is 30.1. The second-order valence-electron chi connectivity index (χ2n) is 8.53. The van der Waals surface area contributed by atoms with Crippen molar-refractivity contribution in [2.45, 2.75) is 27.3 Å². The van der Waals surface area contributed by atoms with Gasteiger partial charge in [-0.15, -0.1) is 0 Å². The molecule has 0 spiro atoms. The van der Waals surface area contributed by atoms with Gasteiger partial charge in [0, 0.05) is 56.8 Å². The second kappa shape index (κ2) is 9.44. The Morgan fingerprint density at radius 3 is 2.00 bits per heavy atom. The predicted octanol–water partition coefficient (Wildman–Crippen LogP) is 2.05. The molecule has 0 saturated carbocycles. The summed E-state index contributed by atoms with van der Waals surface area (Å²) in [5, 5.41) is 9.10. The number of carboxylic acid groups (broad SMARTS) is 1. The van der Waals surface area contributed by atoms with Crippen molar-refractivity contribution in [2.75, 3.05) is 52.9 Å². The van der Waals surface area contributed by atoms with Gasteiger partial charge in [0.25, 0.3) is 0 Å². The van der Waals surface area contributed by atoms with Crippen LogP contribution in [0.2, 0.25) is 0 Å². The molecular formula is C21H33N3O3. The number of carbonyl (C=O) groups is 2. The molecule has 1 aromatic carbocycles. The molecule has 1 fully saturated rings. The molecule has 1 aromatic rings. The number of hydrogen-bond donors (Lipinski definition) is 1. The number of carbonyl (C=O) groups excluding carboxylic acids is 1. The molecule has 27 heavy (non-hydrogen) atoms. The normalized spacial score (nSPS) is 18.5. The van der Waals surface area contributed by atoms with Crippen LogP contribution in [0.5, 0.6) is 0 Å². The minimum absolute atomic E-state index is 0.0886. The van der Waals surface area contributed by atoms with Crippen molar-refractivity contribution < 1.29 is 14.7 Å². The van der Waals surface area contributed by atoms with Gasteiger partial charge in [-0.3, -0.25) is 19.4 Å². The standard InChI is InChI=1S/C21H33N3O3/c1-21(2,3)20(27)18-7-5-17(6-8-18)15-23-11-9-22(4)10-12-24(14-13-23)16-19(25)26/h5-8H,9-16H2,1-4H3,(H,25,26). The minimum atomic E-state index is -0.775. The third kappa shape index (κ3) is 7.05. The average molecular weight is 376 g/mol. The van der Waals surface area contributed by atoms with Gasteiger partial charge in [-0.05, 0) is 12.6 Å². The number of likely N-dealkylation sites (N-methyl/N-ethyl adjacent to an activating group) is 1. The Morgan fingerprint density at radius 1 is 0.926 bits per heavy atom. The number of aliphatic carboxylic acids is 1. The van der Waals surface area contributed by atoms with Crippen molar-refractivity contribution in [1.82, 2.24) is 14.7 Å². The van der Waals surface area contributed by atoms with E-state index in [9.17, 15) is 9.59 Å². The highest BCUT2D eigenvalue weighted by Crippen LogP contribution is 2.21. The van der Waals surface area contributed by atoms with Gasteiger partial charge in [-0.1, -0.05) is 45.0 Å². The molecule has 1 N–H and O–H groups in total. The van der Waals surface area contributed by atoms with Crippen molar-refractivity contribution in [3.8, 4) is 0 Å². The van der Waals surface area contributed by atoms with Gasteiger partial charge in [0.2, 0.25) is 0 Å². The monoisotopic (exact) mass is 375 g/mol. The molecule has 150 valence electrons. The first-order chi connectivity index (χ1) is 12.6. The van der Waals surface area contributed by atoms with E-state index in [2.05, 4.69) is 16.8 Å². The Bertz CT molecular complexity index is 637. The van der Waals surface area contributed by atoms with Gasteiger partial charge in [0.15, 0.2) is 5.78 Å². The summed E-state index contributed by atoms with van der Waals surface area (Å²) < 4.78 is 0. The Morgan fingerprint density at radius 2 is 1.44 bits per heavy atom. The summed E-state index contributed by atoms with van der Waals surface area (Å²) in [5.74, 6) is -0.620. The third-order valence-electron chi connectivity index (χ3n) is 4.99. The van der Waals surface area contributed by atoms with Crippen LogP contribution in [0.25, 0.3) is 0 Å². The van der Waals surface area contributed by atoms with Gasteiger partial charge in [0.1, 0.15) is 0 Å². The van der Waals surface area contributed by atoms with Crippen LogP contribution in [0.1, 0.15) is 36.7 Å². The van der Waals surface area contributed by atoms with Crippen molar-refractivity contribution in [1.29, 1.82) is 0 Å². The first-order valence-corrected chi connectivity index (χ1v) is 9.64. The average Bonchev–Trinajstić information content (AvgIpc) is 2.67. The zero-order valence-corrected chi connectivity index (χ0v) is 17.1. The smallest absolute Gasteiger partial charge is 0.317 e. The molecule has 1 aliphatic heterocycles. The lowest BCUT2D eigenvalue weighted by atomic mass is 9.86. The fourth-order valence-electron chi connectivity index (χ4n) is 3.20. The Kier molecular flexibility index (Phi) is 7.53. The summed E-state index contributed by atoms with van der Waals surface area (Å²) in [6.07, 6.45) is 0. The zero-order chi connectivity index (χ0) is 20.0. The predicted molar refractivity (Wildman–Crippen MR) is 107 cm³/mol. The number of ketones is 1. The van der Waals surface area contributed by atoms with Gasteiger partial charge in [-0.2, -0.15) is 0 Å². The molecule has 0 atom stereocenters. The van der Waals surface area contributed by atoms with E-state index in [0.29, 0.717) is 0 Å². The number of carboxylic acids is 1. The van der Waals surface area contributed by atoms with Gasteiger partial charge >= 0.3 is 5.97 Å². The first-order valence-electron chi connectivity index (χ1n) is 9.64. The van der Waals surface area contributed by atoms with Crippen LogP contribution in [0, 0.1) is 5.41 Å². The third-order valence-corrected chi connectivity index (χ3v) is 4.99. The highest BCUT2D eigenvalue weighted by Gasteiger charge is 2.22. The molecule has 0 aromatic heterocycles. The quantitative estimate of drug-likeness (QED) is 0.795. The molecule has 1 heterocycles. The summed E-state index contributed by atoms with van der Waals surface area (Å²) >= 11 is 0. The Labute approximate surface area is 162 Å². The van der Waals surface area contributed by atoms with E-state index in [1.807, 2.05) is 49.9 Å². The van der Waals surface area contributed by atoms with Crippen molar-refractivity contribution in [2.24, 2.45) is 5.41 Å². The van der Waals surface area contributed by atoms with Crippen molar-refractivity contribution in [3.05, 3.63) is 35.4 Å². The van der Waals surface area contributed by atoms with Crippen LogP contribution in [-0.4, -0.2) is 84.4 Å². The molecule has 6 nitrogen and oxygen atoms in total. The van der Waals surface area contributed by atoms with Gasteiger partial charge < -0.3 is 10.0 Å². The van der Waals surface area contributed by atoms with Gasteiger partial charge in [-0.25, -0.2) is 0 Å². The lowest BCUT2D eigenvalue weighted by Crippen LogP contribution is -2.38. The van der Waals surface area contributed by atoms with Crippen LogP contribution in [0.3, 0.4) is 0 Å². The molecular weight excluding hydrogens is 342 g/mol. The molecule has 0 amide bonds. The van der Waals surface area contributed by atoms with Crippen LogP contribution in [-0.2, 0) is 11.3 Å². The lowest BCUT2D eigenvalue weighted by Gasteiger charge is -2.25. The number of benzene rings is 1. The number of Topliss-reactive ketones (excluding diaryl/α,β-unsaturated/α-hetero) is 1. The van der Waals surface area contributed by atoms with Crippen LogP contribution in [0.15, 0.2) is 24.3 Å². The van der Waals surface area contributed by atoms with E-state index in [1.165, 1.54) is 5.56 Å². The van der Waals surface area contributed by atoms with Crippen molar-refractivity contribution in [3.63, 3.8) is 0 Å². The fourth-order valence-corrected chi connectivity index (χ4v) is 3.20. The van der Waals surface area contributed by atoms with Crippen molar-refractivity contribution >= 4 is 11.8 Å². The first kappa shape index (κ1) is 21.5. The zero-order valence-electron chi connectivity index (χ0n) is 17.1. The molecule has 1 saturated heterocycles. The van der Waals surface area contributed by atoms with Crippen LogP contribution < -0.4 is 0 Å². The topological polar surface area (TPSA) is 64.1 Å². The van der Waals surface area contributed by atoms with E-state index < -0.39 is 5.97 Å². The molecule has 0 radical (unpaired) electrons. The SMILES string of the molecule is CN1CCN(CC(=O)O)CCN(Cc2ccc(C(=O)C(C)(C)C)cc2)CC1. The molecule has 2 rings (SSSR count). The number of rotatable bonds is 5. The number of nitrogens with zero attached hydrogens (tertiary/aromatic N) is 3. The van der Waals surface area contributed by atoms with Crippen LogP contribution in [0.4, 0.5) is 0 Å². The lowest BCUT2D eigenvalue weighted by molar-refractivity contribution is -0.138. The Hall–Kier alpha value is -1.76. The van der Waals surface area contributed by atoms with Gasteiger partial charge in [0.05, 0.1) is 6.54 Å². The van der Waals surface area contributed by atoms with E-state index in [1.54, 1.807) is 0 Å². The maximum Gasteiger partial charge on any atom is 0.317 e.